The molecule has 3 nitrogen and oxygen atoms in total. The Hall–Kier alpha value is -0.460. The third kappa shape index (κ3) is 5.04. The molecule has 1 aliphatic heterocycles. The van der Waals surface area contributed by atoms with Gasteiger partial charge in [0.05, 0.1) is 11.5 Å². The molecule has 2 atom stereocenters. The van der Waals surface area contributed by atoms with E-state index >= 15 is 0 Å². The lowest BCUT2D eigenvalue weighted by Crippen LogP contribution is -2.33. The predicted molar refractivity (Wildman–Crippen MR) is 86.6 cm³/mol. The number of sulfone groups is 1. The van der Waals surface area contributed by atoms with Crippen LogP contribution in [-0.4, -0.2) is 32.5 Å². The molecular weight excluding hydrogens is 357 g/mol. The van der Waals surface area contributed by atoms with E-state index in [9.17, 15) is 12.8 Å². The Bertz CT molecular complexity index is 591. The van der Waals surface area contributed by atoms with Gasteiger partial charge in [-0.25, -0.2) is 12.8 Å². The van der Waals surface area contributed by atoms with Crippen LogP contribution in [0, 0.1) is 11.7 Å². The average molecular weight is 378 g/mol. The molecule has 1 heterocycles. The first-order valence-electron chi connectivity index (χ1n) is 7.27. The molecule has 1 aromatic rings. The van der Waals surface area contributed by atoms with E-state index in [-0.39, 0.29) is 23.5 Å². The van der Waals surface area contributed by atoms with Gasteiger partial charge in [0.1, 0.15) is 5.82 Å². The molecule has 1 aliphatic rings. The SMILES string of the molecule is CCNC(Cc1ccc(Br)cc1F)CC1CCS(=O)(=O)C1. The standard InChI is InChI=1S/C15H21BrFNO2S/c1-2-18-14(7-11-5-6-21(19,20)10-11)8-12-3-4-13(16)9-15(12)17/h3-4,9,11,14,18H,2,5-8,10H2,1H3. The van der Waals surface area contributed by atoms with E-state index in [1.165, 1.54) is 6.07 Å². The van der Waals surface area contributed by atoms with Crippen molar-refractivity contribution in [1.29, 1.82) is 0 Å². The zero-order chi connectivity index (χ0) is 15.5. The van der Waals surface area contributed by atoms with Gasteiger partial charge in [-0.2, -0.15) is 0 Å². The molecule has 118 valence electrons. The van der Waals surface area contributed by atoms with E-state index in [1.54, 1.807) is 6.07 Å². The number of nitrogens with one attached hydrogen (secondary N) is 1. The molecule has 0 bridgehead atoms. The maximum Gasteiger partial charge on any atom is 0.150 e. The molecule has 0 radical (unpaired) electrons. The Morgan fingerprint density at radius 2 is 2.24 bits per heavy atom. The van der Waals surface area contributed by atoms with Gasteiger partial charge in [-0.1, -0.05) is 28.9 Å². The van der Waals surface area contributed by atoms with Crippen molar-refractivity contribution in [3.05, 3.63) is 34.1 Å². The van der Waals surface area contributed by atoms with Crippen LogP contribution < -0.4 is 5.32 Å². The lowest BCUT2D eigenvalue weighted by molar-refractivity contribution is 0.405. The van der Waals surface area contributed by atoms with Crippen LogP contribution in [0.3, 0.4) is 0 Å². The van der Waals surface area contributed by atoms with Gasteiger partial charge >= 0.3 is 0 Å². The highest BCUT2D eigenvalue weighted by Gasteiger charge is 2.29. The molecule has 0 aromatic heterocycles. The van der Waals surface area contributed by atoms with Crippen molar-refractivity contribution in [2.45, 2.75) is 32.2 Å². The minimum absolute atomic E-state index is 0.115. The second-order valence-electron chi connectivity index (χ2n) is 5.70. The zero-order valence-electron chi connectivity index (χ0n) is 12.1. The third-order valence-corrected chi connectivity index (χ3v) is 6.25. The molecule has 0 spiro atoms. The zero-order valence-corrected chi connectivity index (χ0v) is 14.5. The van der Waals surface area contributed by atoms with Gasteiger partial charge in [0, 0.05) is 10.5 Å². The van der Waals surface area contributed by atoms with E-state index in [1.807, 2.05) is 13.0 Å². The molecule has 21 heavy (non-hydrogen) atoms. The van der Waals surface area contributed by atoms with E-state index in [0.29, 0.717) is 17.7 Å². The summed E-state index contributed by atoms with van der Waals surface area (Å²) in [4.78, 5) is 0. The summed E-state index contributed by atoms with van der Waals surface area (Å²) in [6.07, 6.45) is 2.10. The minimum atomic E-state index is -2.85. The summed E-state index contributed by atoms with van der Waals surface area (Å²) in [5, 5.41) is 3.35. The van der Waals surface area contributed by atoms with Gasteiger partial charge in [0.25, 0.3) is 0 Å². The normalized spacial score (nSPS) is 22.3. The number of hydrogen-bond donors (Lipinski definition) is 1. The Labute approximate surface area is 134 Å². The second kappa shape index (κ2) is 7.20. The van der Waals surface area contributed by atoms with Gasteiger partial charge in [0.2, 0.25) is 0 Å². The van der Waals surface area contributed by atoms with Crippen LogP contribution in [0.1, 0.15) is 25.3 Å². The van der Waals surface area contributed by atoms with Gasteiger partial charge < -0.3 is 5.32 Å². The first kappa shape index (κ1) is 16.9. The maximum absolute atomic E-state index is 13.9. The van der Waals surface area contributed by atoms with Crippen molar-refractivity contribution in [1.82, 2.24) is 5.32 Å². The molecule has 1 saturated heterocycles. The number of hydrogen-bond acceptors (Lipinski definition) is 3. The van der Waals surface area contributed by atoms with Crippen molar-refractivity contribution in [3.8, 4) is 0 Å². The summed E-state index contributed by atoms with van der Waals surface area (Å²) >= 11 is 3.25. The van der Waals surface area contributed by atoms with E-state index in [4.69, 9.17) is 0 Å². The Kier molecular flexibility index (Phi) is 5.80. The number of benzene rings is 1. The summed E-state index contributed by atoms with van der Waals surface area (Å²) in [6, 6.07) is 5.21. The van der Waals surface area contributed by atoms with Crippen LogP contribution >= 0.6 is 15.9 Å². The molecule has 1 fully saturated rings. The molecule has 1 N–H and O–H groups in total. The largest absolute Gasteiger partial charge is 0.314 e. The number of halogens is 2. The van der Waals surface area contributed by atoms with Crippen molar-refractivity contribution in [3.63, 3.8) is 0 Å². The Morgan fingerprint density at radius 1 is 1.48 bits per heavy atom. The molecular formula is C15H21BrFNO2S. The molecule has 6 heteroatoms. The first-order valence-corrected chi connectivity index (χ1v) is 9.89. The van der Waals surface area contributed by atoms with Crippen LogP contribution in [0.5, 0.6) is 0 Å². The maximum atomic E-state index is 13.9. The van der Waals surface area contributed by atoms with Crippen molar-refractivity contribution in [2.75, 3.05) is 18.1 Å². The fourth-order valence-electron chi connectivity index (χ4n) is 2.94. The highest BCUT2D eigenvalue weighted by Crippen LogP contribution is 2.25. The van der Waals surface area contributed by atoms with Crippen LogP contribution in [0.25, 0.3) is 0 Å². The quantitative estimate of drug-likeness (QED) is 0.828. The molecule has 0 aliphatic carbocycles. The van der Waals surface area contributed by atoms with Gasteiger partial charge in [-0.05, 0) is 49.4 Å². The molecule has 0 saturated carbocycles. The third-order valence-electron chi connectivity index (χ3n) is 3.92. The summed E-state index contributed by atoms with van der Waals surface area (Å²) in [6.45, 7) is 2.80. The molecule has 1 aromatic carbocycles. The van der Waals surface area contributed by atoms with E-state index < -0.39 is 9.84 Å². The monoisotopic (exact) mass is 377 g/mol. The van der Waals surface area contributed by atoms with E-state index in [0.717, 1.165) is 23.9 Å². The topological polar surface area (TPSA) is 46.2 Å². The molecule has 2 unspecified atom stereocenters. The molecule has 2 rings (SSSR count). The highest BCUT2D eigenvalue weighted by atomic mass is 79.9. The lowest BCUT2D eigenvalue weighted by atomic mass is 9.94. The number of likely N-dealkylation sites (N-methyl/N-ethyl adjacent to an activating group) is 1. The average Bonchev–Trinajstić information content (AvgIpc) is 2.72. The van der Waals surface area contributed by atoms with Gasteiger partial charge in [-0.15, -0.1) is 0 Å². The van der Waals surface area contributed by atoms with Crippen molar-refractivity contribution < 1.29 is 12.8 Å². The second-order valence-corrected chi connectivity index (χ2v) is 8.84. The van der Waals surface area contributed by atoms with Crippen molar-refractivity contribution in [2.24, 2.45) is 5.92 Å². The van der Waals surface area contributed by atoms with Crippen LogP contribution in [0.4, 0.5) is 4.39 Å². The summed E-state index contributed by atoms with van der Waals surface area (Å²) in [5.41, 5.74) is 0.671. The molecule has 0 amide bonds. The fourth-order valence-corrected chi connectivity index (χ4v) is 5.15. The first-order chi connectivity index (χ1) is 9.89. The van der Waals surface area contributed by atoms with Gasteiger partial charge in [0.15, 0.2) is 9.84 Å². The summed E-state index contributed by atoms with van der Waals surface area (Å²) in [5.74, 6) is 0.546. The van der Waals surface area contributed by atoms with Crippen LogP contribution in [0.2, 0.25) is 0 Å². The Balaban J connectivity index is 2.02. The summed E-state index contributed by atoms with van der Waals surface area (Å²) in [7, 11) is -2.85. The van der Waals surface area contributed by atoms with Crippen LogP contribution in [0.15, 0.2) is 22.7 Å². The lowest BCUT2D eigenvalue weighted by Gasteiger charge is -2.21. The van der Waals surface area contributed by atoms with Crippen LogP contribution in [-0.2, 0) is 16.3 Å². The Morgan fingerprint density at radius 3 is 2.81 bits per heavy atom. The number of rotatable bonds is 6. The smallest absolute Gasteiger partial charge is 0.150 e. The predicted octanol–water partition coefficient (Wildman–Crippen LogP) is 2.93. The van der Waals surface area contributed by atoms with E-state index in [2.05, 4.69) is 21.2 Å². The van der Waals surface area contributed by atoms with Crippen molar-refractivity contribution >= 4 is 25.8 Å². The highest BCUT2D eigenvalue weighted by molar-refractivity contribution is 9.10. The summed E-state index contributed by atoms with van der Waals surface area (Å²) < 4.78 is 37.8. The fraction of sp³-hybridized carbons (Fsp3) is 0.600. The minimum Gasteiger partial charge on any atom is -0.314 e. The van der Waals surface area contributed by atoms with Gasteiger partial charge in [-0.3, -0.25) is 0 Å².